The zero-order valence-electron chi connectivity index (χ0n) is 19.0. The van der Waals surface area contributed by atoms with E-state index < -0.39 is 10.7 Å². The molecular formula is C26H21FN4O5. The molecule has 1 atom stereocenters. The maximum Gasteiger partial charge on any atom is 0.270 e. The highest BCUT2D eigenvalue weighted by atomic mass is 19.1. The fraction of sp³-hybridized carbons (Fsp3) is 0.192. The lowest BCUT2D eigenvalue weighted by Crippen LogP contribution is -2.39. The third kappa shape index (κ3) is 4.92. The minimum Gasteiger partial charge on any atom is -0.457 e. The Morgan fingerprint density at radius 1 is 1.11 bits per heavy atom. The SMILES string of the molecule is O=C(c1cc([N+](=O)[O-])ccc1Oc1ccccc1)N1CCCC(c2nc(-c3cccc(F)c3)no2)C1. The smallest absolute Gasteiger partial charge is 0.270 e. The van der Waals surface area contributed by atoms with Gasteiger partial charge >= 0.3 is 0 Å². The van der Waals surface area contributed by atoms with Crippen LogP contribution in [0.5, 0.6) is 11.5 Å². The largest absolute Gasteiger partial charge is 0.457 e. The summed E-state index contributed by atoms with van der Waals surface area (Å²) in [4.78, 5) is 30.4. The number of non-ortho nitro benzene ring substituents is 1. The molecule has 1 fully saturated rings. The number of ether oxygens (including phenoxy) is 1. The summed E-state index contributed by atoms with van der Waals surface area (Å²) in [5.74, 6) is 0.335. The molecule has 0 N–H and O–H groups in total. The van der Waals surface area contributed by atoms with Gasteiger partial charge in [0, 0.05) is 30.8 Å². The van der Waals surface area contributed by atoms with E-state index in [1.54, 1.807) is 41.3 Å². The van der Waals surface area contributed by atoms with Crippen LogP contribution in [0.15, 0.2) is 77.3 Å². The van der Waals surface area contributed by atoms with Gasteiger partial charge in [0.15, 0.2) is 0 Å². The second kappa shape index (κ2) is 9.95. The number of likely N-dealkylation sites (tertiary alicyclic amines) is 1. The third-order valence-corrected chi connectivity index (χ3v) is 5.96. The molecule has 1 aliphatic rings. The molecule has 0 bridgehead atoms. The Balaban J connectivity index is 1.39. The maximum atomic E-state index is 13.6. The number of benzene rings is 3. The fourth-order valence-corrected chi connectivity index (χ4v) is 4.18. The van der Waals surface area contributed by atoms with Crippen molar-refractivity contribution in [3.8, 4) is 22.9 Å². The summed E-state index contributed by atoms with van der Waals surface area (Å²) >= 11 is 0. The minimum atomic E-state index is -0.547. The Morgan fingerprint density at radius 2 is 1.94 bits per heavy atom. The Kier molecular flexibility index (Phi) is 6.40. The number of carbonyl (C=O) groups is 1. The van der Waals surface area contributed by atoms with E-state index in [4.69, 9.17) is 9.26 Å². The van der Waals surface area contributed by atoms with Gasteiger partial charge in [-0.15, -0.1) is 0 Å². The summed E-state index contributed by atoms with van der Waals surface area (Å²) in [5.41, 5.74) is 0.386. The number of nitro benzene ring substituents is 1. The number of carbonyl (C=O) groups excluding carboxylic acids is 1. The van der Waals surface area contributed by atoms with Gasteiger partial charge in [-0.2, -0.15) is 4.98 Å². The van der Waals surface area contributed by atoms with E-state index in [9.17, 15) is 19.3 Å². The van der Waals surface area contributed by atoms with Crippen LogP contribution in [0.4, 0.5) is 10.1 Å². The van der Waals surface area contributed by atoms with E-state index >= 15 is 0 Å². The van der Waals surface area contributed by atoms with Crippen molar-refractivity contribution in [3.05, 3.63) is 100 Å². The van der Waals surface area contributed by atoms with Crippen LogP contribution < -0.4 is 4.74 Å². The van der Waals surface area contributed by atoms with Crippen LogP contribution in [0.1, 0.15) is 35.0 Å². The molecule has 10 heteroatoms. The first-order valence-electron chi connectivity index (χ1n) is 11.4. The number of hydrogen-bond donors (Lipinski definition) is 0. The van der Waals surface area contributed by atoms with Gasteiger partial charge in [0.05, 0.1) is 16.4 Å². The molecule has 9 nitrogen and oxygen atoms in total. The van der Waals surface area contributed by atoms with E-state index in [2.05, 4.69) is 10.1 Å². The van der Waals surface area contributed by atoms with Crippen LogP contribution in [-0.4, -0.2) is 39.0 Å². The summed E-state index contributed by atoms with van der Waals surface area (Å²) < 4.78 is 24.9. The number of piperidine rings is 1. The molecule has 36 heavy (non-hydrogen) atoms. The molecule has 5 rings (SSSR count). The van der Waals surface area contributed by atoms with Crippen LogP contribution in [0, 0.1) is 15.9 Å². The van der Waals surface area contributed by atoms with Crippen LogP contribution in [-0.2, 0) is 0 Å². The van der Waals surface area contributed by atoms with Gasteiger partial charge in [-0.25, -0.2) is 4.39 Å². The van der Waals surface area contributed by atoms with Crippen molar-refractivity contribution in [2.24, 2.45) is 0 Å². The van der Waals surface area contributed by atoms with E-state index in [1.165, 1.54) is 30.3 Å². The molecule has 4 aromatic rings. The van der Waals surface area contributed by atoms with Gasteiger partial charge in [0.25, 0.3) is 11.6 Å². The average Bonchev–Trinajstić information content (AvgIpc) is 3.40. The number of aromatic nitrogens is 2. The maximum absolute atomic E-state index is 13.6. The Bertz CT molecular complexity index is 1410. The Labute approximate surface area is 205 Å². The molecule has 182 valence electrons. The lowest BCUT2D eigenvalue weighted by Gasteiger charge is -2.31. The normalized spacial score (nSPS) is 15.5. The Hall–Kier alpha value is -4.60. The fourth-order valence-electron chi connectivity index (χ4n) is 4.18. The average molecular weight is 488 g/mol. The number of halogens is 1. The molecule has 1 aliphatic heterocycles. The number of para-hydroxylation sites is 1. The molecule has 0 aliphatic carbocycles. The van der Waals surface area contributed by atoms with Crippen molar-refractivity contribution < 1.29 is 23.4 Å². The van der Waals surface area contributed by atoms with Crippen molar-refractivity contribution in [1.82, 2.24) is 15.0 Å². The van der Waals surface area contributed by atoms with E-state index in [-0.39, 0.29) is 41.2 Å². The van der Waals surface area contributed by atoms with Crippen molar-refractivity contribution in [3.63, 3.8) is 0 Å². The summed E-state index contributed by atoms with van der Waals surface area (Å²) in [7, 11) is 0. The highest BCUT2D eigenvalue weighted by Gasteiger charge is 2.31. The van der Waals surface area contributed by atoms with Crippen molar-refractivity contribution in [2.45, 2.75) is 18.8 Å². The highest BCUT2D eigenvalue weighted by molar-refractivity contribution is 5.97. The van der Waals surface area contributed by atoms with Crippen LogP contribution in [0.2, 0.25) is 0 Å². The van der Waals surface area contributed by atoms with Gasteiger partial charge in [-0.05, 0) is 43.2 Å². The summed E-state index contributed by atoms with van der Waals surface area (Å²) in [6.07, 6.45) is 1.40. The topological polar surface area (TPSA) is 112 Å². The third-order valence-electron chi connectivity index (χ3n) is 5.96. The minimum absolute atomic E-state index is 0.0969. The van der Waals surface area contributed by atoms with Gasteiger partial charge < -0.3 is 14.2 Å². The lowest BCUT2D eigenvalue weighted by molar-refractivity contribution is -0.384. The molecule has 0 saturated carbocycles. The quantitative estimate of drug-likeness (QED) is 0.257. The van der Waals surface area contributed by atoms with Crippen molar-refractivity contribution in [2.75, 3.05) is 13.1 Å². The van der Waals surface area contributed by atoms with Crippen LogP contribution >= 0.6 is 0 Å². The number of rotatable bonds is 6. The predicted octanol–water partition coefficient (Wildman–Crippen LogP) is 5.60. The first kappa shape index (κ1) is 23.2. The van der Waals surface area contributed by atoms with Crippen molar-refractivity contribution in [1.29, 1.82) is 0 Å². The predicted molar refractivity (Wildman–Crippen MR) is 127 cm³/mol. The highest BCUT2D eigenvalue weighted by Crippen LogP contribution is 2.33. The number of hydrogen-bond acceptors (Lipinski definition) is 7. The zero-order chi connectivity index (χ0) is 25.1. The standard InChI is InChI=1S/C26H21FN4O5/c27-19-8-4-6-17(14-19)24-28-25(36-29-24)18-7-5-13-30(16-18)26(32)22-15-20(31(33)34)11-12-23(22)35-21-9-2-1-3-10-21/h1-4,6,8-12,14-15,18H,5,7,13,16H2. The number of amides is 1. The monoisotopic (exact) mass is 488 g/mol. The molecule has 0 radical (unpaired) electrons. The van der Waals surface area contributed by atoms with Gasteiger partial charge in [-0.1, -0.05) is 35.5 Å². The number of nitrogens with zero attached hydrogens (tertiary/aromatic N) is 4. The van der Waals surface area contributed by atoms with Gasteiger partial charge in [-0.3, -0.25) is 14.9 Å². The molecular weight excluding hydrogens is 467 g/mol. The summed E-state index contributed by atoms with van der Waals surface area (Å²) in [5, 5.41) is 15.4. The summed E-state index contributed by atoms with van der Waals surface area (Å²) in [6, 6.07) is 18.8. The second-order valence-corrected chi connectivity index (χ2v) is 8.41. The first-order valence-corrected chi connectivity index (χ1v) is 11.4. The second-order valence-electron chi connectivity index (χ2n) is 8.41. The molecule has 2 heterocycles. The molecule has 1 saturated heterocycles. The van der Waals surface area contributed by atoms with E-state index in [0.717, 1.165) is 6.42 Å². The van der Waals surface area contributed by atoms with E-state index in [0.29, 0.717) is 30.2 Å². The molecule has 0 spiro atoms. The van der Waals surface area contributed by atoms with Crippen LogP contribution in [0.3, 0.4) is 0 Å². The first-order chi connectivity index (χ1) is 17.5. The summed E-state index contributed by atoms with van der Waals surface area (Å²) in [6.45, 7) is 0.755. The van der Waals surface area contributed by atoms with Gasteiger partial charge in [0.2, 0.25) is 11.7 Å². The molecule has 1 aromatic heterocycles. The number of nitro groups is 1. The lowest BCUT2D eigenvalue weighted by atomic mass is 9.97. The molecule has 3 aromatic carbocycles. The van der Waals surface area contributed by atoms with Gasteiger partial charge in [0.1, 0.15) is 17.3 Å². The van der Waals surface area contributed by atoms with Crippen molar-refractivity contribution >= 4 is 11.6 Å². The molecule has 1 unspecified atom stereocenters. The zero-order valence-corrected chi connectivity index (χ0v) is 19.0. The van der Waals surface area contributed by atoms with Crippen LogP contribution in [0.25, 0.3) is 11.4 Å². The Morgan fingerprint density at radius 3 is 2.72 bits per heavy atom. The molecule has 1 amide bonds. The van der Waals surface area contributed by atoms with E-state index in [1.807, 2.05) is 6.07 Å².